The second kappa shape index (κ2) is 4.43. The van der Waals surface area contributed by atoms with Crippen molar-refractivity contribution in [3.05, 3.63) is 36.9 Å². The van der Waals surface area contributed by atoms with E-state index in [1.54, 1.807) is 35.4 Å². The van der Waals surface area contributed by atoms with Gasteiger partial charge in [0.15, 0.2) is 0 Å². The Kier molecular flexibility index (Phi) is 3.10. The molecule has 0 saturated carbocycles. The van der Waals surface area contributed by atoms with Crippen molar-refractivity contribution >= 4 is 15.7 Å². The van der Waals surface area contributed by atoms with Crippen LogP contribution in [0.3, 0.4) is 0 Å². The molecule has 0 unspecified atom stereocenters. The summed E-state index contributed by atoms with van der Waals surface area (Å²) < 4.78 is 27.0. The molecule has 0 radical (unpaired) electrons. The molecule has 96 valence electrons. The molecule has 1 heterocycles. The third-order valence-corrected chi connectivity index (χ3v) is 4.46. The van der Waals surface area contributed by atoms with Crippen LogP contribution in [0.2, 0.25) is 0 Å². The molecule has 0 fully saturated rings. The van der Waals surface area contributed by atoms with E-state index in [1.807, 2.05) is 0 Å². The Hall–Kier alpha value is -1.86. The highest BCUT2D eigenvalue weighted by atomic mass is 32.2. The predicted octanol–water partition coefficient (Wildman–Crippen LogP) is 0.705. The highest BCUT2D eigenvalue weighted by molar-refractivity contribution is 7.89. The van der Waals surface area contributed by atoms with E-state index in [9.17, 15) is 8.42 Å². The van der Waals surface area contributed by atoms with Crippen LogP contribution in [0.15, 0.2) is 41.8 Å². The topological polar surface area (TPSA) is 81.2 Å². The molecule has 0 saturated heterocycles. The van der Waals surface area contributed by atoms with E-state index in [2.05, 4.69) is 4.98 Å². The molecule has 0 aliphatic carbocycles. The fourth-order valence-corrected chi connectivity index (χ4v) is 2.61. The van der Waals surface area contributed by atoms with Crippen molar-refractivity contribution in [2.75, 3.05) is 19.8 Å². The smallest absolute Gasteiger partial charge is 0.244 e. The minimum absolute atomic E-state index is 0.0960. The number of hydrogen-bond acceptors (Lipinski definition) is 4. The lowest BCUT2D eigenvalue weighted by molar-refractivity contribution is 0.521. The third-order valence-electron chi connectivity index (χ3n) is 2.58. The van der Waals surface area contributed by atoms with Gasteiger partial charge < -0.3 is 10.3 Å². The average Bonchev–Trinajstić information content (AvgIpc) is 2.82. The van der Waals surface area contributed by atoms with E-state index in [-0.39, 0.29) is 10.6 Å². The van der Waals surface area contributed by atoms with Crippen LogP contribution in [0, 0.1) is 0 Å². The Labute approximate surface area is 106 Å². The summed E-state index contributed by atoms with van der Waals surface area (Å²) in [5.41, 5.74) is 6.75. The summed E-state index contributed by atoms with van der Waals surface area (Å²) >= 11 is 0. The Morgan fingerprint density at radius 2 is 2.06 bits per heavy atom. The van der Waals surface area contributed by atoms with Gasteiger partial charge in [-0.25, -0.2) is 17.7 Å². The molecule has 2 rings (SSSR count). The van der Waals surface area contributed by atoms with Crippen LogP contribution in [0.1, 0.15) is 0 Å². The summed E-state index contributed by atoms with van der Waals surface area (Å²) in [4.78, 5) is 4.01. The molecule has 1 aromatic heterocycles. The van der Waals surface area contributed by atoms with Crippen LogP contribution in [-0.4, -0.2) is 36.4 Å². The molecule has 0 aliphatic heterocycles. The first kappa shape index (κ1) is 12.6. The number of imidazole rings is 1. The molecule has 0 amide bonds. The molecule has 0 atom stereocenters. The summed E-state index contributed by atoms with van der Waals surface area (Å²) in [5, 5.41) is 0. The largest absolute Gasteiger partial charge is 0.396 e. The van der Waals surface area contributed by atoms with E-state index in [0.717, 1.165) is 4.31 Å². The van der Waals surface area contributed by atoms with Gasteiger partial charge in [0.05, 0.1) is 17.7 Å². The van der Waals surface area contributed by atoms with Crippen LogP contribution in [0.5, 0.6) is 0 Å². The van der Waals surface area contributed by atoms with Crippen LogP contribution >= 0.6 is 0 Å². The third kappa shape index (κ3) is 1.98. The van der Waals surface area contributed by atoms with Gasteiger partial charge in [0.25, 0.3) is 0 Å². The van der Waals surface area contributed by atoms with Crippen molar-refractivity contribution in [1.29, 1.82) is 0 Å². The van der Waals surface area contributed by atoms with Crippen molar-refractivity contribution < 1.29 is 8.42 Å². The fraction of sp³-hybridized carbons (Fsp3) is 0.182. The van der Waals surface area contributed by atoms with Crippen LogP contribution in [0.4, 0.5) is 5.69 Å². The number of rotatable bonds is 3. The van der Waals surface area contributed by atoms with Gasteiger partial charge in [-0.1, -0.05) is 6.07 Å². The van der Waals surface area contributed by atoms with Crippen molar-refractivity contribution in [3.63, 3.8) is 0 Å². The predicted molar refractivity (Wildman–Crippen MR) is 68.8 cm³/mol. The number of hydrogen-bond donors (Lipinski definition) is 1. The Morgan fingerprint density at radius 3 is 2.61 bits per heavy atom. The Bertz CT molecular complexity index is 648. The minimum Gasteiger partial charge on any atom is -0.396 e. The number of aromatic nitrogens is 2. The van der Waals surface area contributed by atoms with Gasteiger partial charge >= 0.3 is 0 Å². The van der Waals surface area contributed by atoms with Gasteiger partial charge in [-0.15, -0.1) is 0 Å². The average molecular weight is 266 g/mol. The summed E-state index contributed by atoms with van der Waals surface area (Å²) in [6.45, 7) is 0. The van der Waals surface area contributed by atoms with Crippen LogP contribution < -0.4 is 5.73 Å². The molecule has 18 heavy (non-hydrogen) atoms. The molecule has 0 aliphatic rings. The molecule has 7 heteroatoms. The number of benzene rings is 1. The first-order valence-corrected chi connectivity index (χ1v) is 6.68. The van der Waals surface area contributed by atoms with E-state index in [0.29, 0.717) is 5.69 Å². The van der Waals surface area contributed by atoms with Crippen molar-refractivity contribution in [3.8, 4) is 5.69 Å². The monoisotopic (exact) mass is 266 g/mol. The second-order valence-corrected chi connectivity index (χ2v) is 6.07. The van der Waals surface area contributed by atoms with E-state index >= 15 is 0 Å². The Morgan fingerprint density at radius 1 is 1.33 bits per heavy atom. The van der Waals surface area contributed by atoms with Crippen molar-refractivity contribution in [1.82, 2.24) is 13.9 Å². The SMILES string of the molecule is CN(C)S(=O)(=O)c1cccc(-n2ccnc2)c1N. The number of para-hydroxylation sites is 1. The molecule has 1 aromatic carbocycles. The lowest BCUT2D eigenvalue weighted by Crippen LogP contribution is -2.23. The quantitative estimate of drug-likeness (QED) is 0.829. The number of nitrogens with zero attached hydrogens (tertiary/aromatic N) is 3. The van der Waals surface area contributed by atoms with Crippen LogP contribution in [-0.2, 0) is 10.0 Å². The van der Waals surface area contributed by atoms with Gasteiger partial charge in [-0.05, 0) is 12.1 Å². The first-order valence-electron chi connectivity index (χ1n) is 5.24. The minimum atomic E-state index is -3.55. The fourth-order valence-electron chi connectivity index (χ4n) is 1.58. The molecule has 6 nitrogen and oxygen atoms in total. The molecule has 2 aromatic rings. The van der Waals surface area contributed by atoms with Crippen molar-refractivity contribution in [2.45, 2.75) is 4.90 Å². The number of anilines is 1. The zero-order valence-electron chi connectivity index (χ0n) is 10.1. The van der Waals surface area contributed by atoms with Gasteiger partial charge in [-0.3, -0.25) is 0 Å². The second-order valence-electron chi connectivity index (χ2n) is 3.95. The lowest BCUT2D eigenvalue weighted by Gasteiger charge is -2.15. The van der Waals surface area contributed by atoms with E-state index in [1.165, 1.54) is 20.2 Å². The summed E-state index contributed by atoms with van der Waals surface area (Å²) in [7, 11) is -0.605. The number of sulfonamides is 1. The maximum atomic E-state index is 12.1. The molecule has 0 spiro atoms. The number of nitrogens with two attached hydrogens (primary N) is 1. The van der Waals surface area contributed by atoms with Gasteiger partial charge in [-0.2, -0.15) is 0 Å². The zero-order valence-corrected chi connectivity index (χ0v) is 10.9. The maximum Gasteiger partial charge on any atom is 0.244 e. The Balaban J connectivity index is 2.64. The normalized spacial score (nSPS) is 11.9. The summed E-state index contributed by atoms with van der Waals surface area (Å²) in [6.07, 6.45) is 4.88. The molecular formula is C11H14N4O2S. The standard InChI is InChI=1S/C11H14N4O2S/c1-14(2)18(16,17)10-5-3-4-9(11(10)12)15-7-6-13-8-15/h3-8H,12H2,1-2H3. The van der Waals surface area contributed by atoms with Crippen LogP contribution in [0.25, 0.3) is 5.69 Å². The zero-order chi connectivity index (χ0) is 13.3. The summed E-state index contributed by atoms with van der Waals surface area (Å²) in [6, 6.07) is 4.89. The number of nitrogen functional groups attached to an aromatic ring is 1. The van der Waals surface area contributed by atoms with Gasteiger partial charge in [0.2, 0.25) is 10.0 Å². The van der Waals surface area contributed by atoms with E-state index < -0.39 is 10.0 Å². The maximum absolute atomic E-state index is 12.1. The molecule has 0 bridgehead atoms. The highest BCUT2D eigenvalue weighted by Crippen LogP contribution is 2.26. The highest BCUT2D eigenvalue weighted by Gasteiger charge is 2.21. The first-order chi connectivity index (χ1) is 8.44. The molecular weight excluding hydrogens is 252 g/mol. The van der Waals surface area contributed by atoms with E-state index in [4.69, 9.17) is 5.73 Å². The van der Waals surface area contributed by atoms with Gasteiger partial charge in [0.1, 0.15) is 4.90 Å². The lowest BCUT2D eigenvalue weighted by atomic mass is 10.2. The van der Waals surface area contributed by atoms with Gasteiger partial charge in [0, 0.05) is 26.5 Å². The molecule has 2 N–H and O–H groups in total. The summed E-state index contributed by atoms with van der Waals surface area (Å²) in [5.74, 6) is 0. The van der Waals surface area contributed by atoms with Crippen molar-refractivity contribution in [2.24, 2.45) is 0 Å².